The summed E-state index contributed by atoms with van der Waals surface area (Å²) in [4.78, 5) is 0. The van der Waals surface area contributed by atoms with Gasteiger partial charge in [0, 0.05) is 0 Å². The van der Waals surface area contributed by atoms with E-state index in [0.717, 1.165) is 11.6 Å². The van der Waals surface area contributed by atoms with Gasteiger partial charge in [-0.05, 0) is 32.8 Å². The van der Waals surface area contributed by atoms with Crippen molar-refractivity contribution in [3.05, 3.63) is 0 Å². The van der Waals surface area contributed by atoms with Gasteiger partial charge in [0.05, 0.1) is 0 Å². The van der Waals surface area contributed by atoms with Gasteiger partial charge in [0.1, 0.15) is 0 Å². The summed E-state index contributed by atoms with van der Waals surface area (Å²) in [6.45, 7) is 1.24. The average molecular weight is 286 g/mol. The van der Waals surface area contributed by atoms with Crippen LogP contribution in [0.25, 0.3) is 0 Å². The standard InChI is InChI=1S/C15H31B3N3/c1-19-16-20(2)18(15-12-8-5-9-13-15)21(3)17(19)14-10-6-4-7-11-14/h14-15H,4-13H2,1-3H3. The largest absolute Gasteiger partial charge is 0.363 e. The molecule has 0 bridgehead atoms. The molecule has 0 unspecified atom stereocenters. The van der Waals surface area contributed by atoms with Crippen LogP contribution in [0.3, 0.4) is 0 Å². The zero-order valence-corrected chi connectivity index (χ0v) is 14.3. The van der Waals surface area contributed by atoms with Crippen molar-refractivity contribution in [3.63, 3.8) is 0 Å². The summed E-state index contributed by atoms with van der Waals surface area (Å²) in [5.74, 6) is 1.73. The van der Waals surface area contributed by atoms with Crippen molar-refractivity contribution in [2.24, 2.45) is 0 Å². The molecule has 0 atom stereocenters. The van der Waals surface area contributed by atoms with Gasteiger partial charge in [-0.2, -0.15) is 0 Å². The number of hydrogen-bond acceptors (Lipinski definition) is 3. The molecule has 1 saturated heterocycles. The molecule has 1 heterocycles. The lowest BCUT2D eigenvalue weighted by Gasteiger charge is -2.52. The fraction of sp³-hybridized carbons (Fsp3) is 1.00. The first-order valence-electron chi connectivity index (χ1n) is 9.19. The lowest BCUT2D eigenvalue weighted by Crippen LogP contribution is -2.72. The van der Waals surface area contributed by atoms with Crippen LogP contribution in [0.1, 0.15) is 64.2 Å². The van der Waals surface area contributed by atoms with Gasteiger partial charge in [-0.1, -0.05) is 64.2 Å². The highest BCUT2D eigenvalue weighted by Gasteiger charge is 2.48. The normalized spacial score (nSPS) is 28.9. The van der Waals surface area contributed by atoms with E-state index in [2.05, 4.69) is 42.9 Å². The quantitative estimate of drug-likeness (QED) is 0.722. The molecule has 2 saturated carbocycles. The van der Waals surface area contributed by atoms with Crippen LogP contribution in [0.2, 0.25) is 11.6 Å². The zero-order chi connectivity index (χ0) is 14.8. The fourth-order valence-corrected chi connectivity index (χ4v) is 5.35. The monoisotopic (exact) mass is 286 g/mol. The molecule has 21 heavy (non-hydrogen) atoms. The van der Waals surface area contributed by atoms with E-state index < -0.39 is 0 Å². The SMILES string of the molecule is CN1[B]N(C)B(C2CCCCC2)N(C)B1C1CCCCC1. The lowest BCUT2D eigenvalue weighted by atomic mass is 9.39. The van der Waals surface area contributed by atoms with E-state index in [-0.39, 0.29) is 0 Å². The van der Waals surface area contributed by atoms with E-state index in [1.807, 2.05) is 0 Å². The van der Waals surface area contributed by atoms with Gasteiger partial charge in [-0.25, -0.2) is 0 Å². The van der Waals surface area contributed by atoms with Crippen molar-refractivity contribution < 1.29 is 0 Å². The summed E-state index contributed by atoms with van der Waals surface area (Å²) in [6, 6.07) is 0. The lowest BCUT2D eigenvalue weighted by molar-refractivity contribution is 0.422. The summed E-state index contributed by atoms with van der Waals surface area (Å²) >= 11 is 0. The fourth-order valence-electron chi connectivity index (χ4n) is 5.35. The van der Waals surface area contributed by atoms with Crippen LogP contribution in [-0.4, -0.2) is 56.8 Å². The maximum Gasteiger partial charge on any atom is 0.292 e. The molecule has 3 rings (SSSR count). The first-order valence-corrected chi connectivity index (χ1v) is 9.19. The highest BCUT2D eigenvalue weighted by molar-refractivity contribution is 6.81. The van der Waals surface area contributed by atoms with Crippen LogP contribution in [0.5, 0.6) is 0 Å². The molecule has 0 amide bonds. The molecule has 1 radical (unpaired) electrons. The molecule has 3 nitrogen and oxygen atoms in total. The number of hydrogen-bond donors (Lipinski definition) is 0. The van der Waals surface area contributed by atoms with Crippen molar-refractivity contribution in [3.8, 4) is 0 Å². The minimum Gasteiger partial charge on any atom is -0.363 e. The van der Waals surface area contributed by atoms with Crippen molar-refractivity contribution in [1.29, 1.82) is 0 Å². The molecule has 0 spiro atoms. The first-order chi connectivity index (χ1) is 10.2. The summed E-state index contributed by atoms with van der Waals surface area (Å²) in [6.07, 6.45) is 14.4. The Morgan fingerprint density at radius 1 is 0.667 bits per heavy atom. The van der Waals surface area contributed by atoms with E-state index in [1.54, 1.807) is 0 Å². The Morgan fingerprint density at radius 2 is 1.05 bits per heavy atom. The molecule has 2 aliphatic carbocycles. The maximum absolute atomic E-state index is 2.71. The van der Waals surface area contributed by atoms with Crippen LogP contribution in [0.15, 0.2) is 0 Å². The van der Waals surface area contributed by atoms with Gasteiger partial charge in [0.2, 0.25) is 0 Å². The predicted octanol–water partition coefficient (Wildman–Crippen LogP) is 2.97. The molecular weight excluding hydrogens is 255 g/mol. The molecule has 3 fully saturated rings. The second-order valence-corrected chi connectivity index (χ2v) is 7.74. The third-order valence-electron chi connectivity index (χ3n) is 6.18. The molecular formula is C15H31B3N3. The van der Waals surface area contributed by atoms with Gasteiger partial charge < -0.3 is 14.2 Å². The van der Waals surface area contributed by atoms with Crippen LogP contribution < -0.4 is 0 Å². The summed E-state index contributed by atoms with van der Waals surface area (Å²) < 4.78 is 7.68. The van der Waals surface area contributed by atoms with Gasteiger partial charge in [0.25, 0.3) is 21.5 Å². The molecule has 6 heteroatoms. The van der Waals surface area contributed by atoms with E-state index in [1.165, 1.54) is 64.2 Å². The van der Waals surface area contributed by atoms with Crippen LogP contribution >= 0.6 is 0 Å². The maximum atomic E-state index is 2.71. The average Bonchev–Trinajstić information content (AvgIpc) is 2.49. The van der Waals surface area contributed by atoms with E-state index in [0.29, 0.717) is 14.0 Å². The topological polar surface area (TPSA) is 9.72 Å². The van der Waals surface area contributed by atoms with Crippen LogP contribution in [0, 0.1) is 0 Å². The summed E-state index contributed by atoms with van der Waals surface area (Å²) in [7, 11) is 9.34. The minimum absolute atomic E-state index is 0.619. The second kappa shape index (κ2) is 7.10. The number of nitrogens with zero attached hydrogens (tertiary/aromatic N) is 3. The second-order valence-electron chi connectivity index (χ2n) is 7.74. The third-order valence-corrected chi connectivity index (χ3v) is 6.18. The Morgan fingerprint density at radius 3 is 1.43 bits per heavy atom. The molecule has 0 aromatic rings. The first kappa shape index (κ1) is 16.0. The predicted molar refractivity (Wildman–Crippen MR) is 94.2 cm³/mol. The Hall–Kier alpha value is 0.0748. The summed E-state index contributed by atoms with van der Waals surface area (Å²) in [5, 5.41) is 0. The Labute approximate surface area is 133 Å². The molecule has 0 N–H and O–H groups in total. The van der Waals surface area contributed by atoms with Gasteiger partial charge in [0.15, 0.2) is 0 Å². The van der Waals surface area contributed by atoms with Gasteiger partial charge >= 0.3 is 0 Å². The summed E-state index contributed by atoms with van der Waals surface area (Å²) in [5.41, 5.74) is 0. The van der Waals surface area contributed by atoms with Gasteiger partial charge in [-0.15, -0.1) is 0 Å². The molecule has 0 aromatic heterocycles. The Balaban J connectivity index is 1.73. The third kappa shape index (κ3) is 3.38. The number of rotatable bonds is 2. The van der Waals surface area contributed by atoms with Crippen molar-refractivity contribution in [2.75, 3.05) is 21.1 Å². The van der Waals surface area contributed by atoms with Crippen molar-refractivity contribution in [2.45, 2.75) is 75.8 Å². The molecule has 1 aliphatic heterocycles. The van der Waals surface area contributed by atoms with Crippen molar-refractivity contribution >= 4 is 21.5 Å². The highest BCUT2D eigenvalue weighted by Crippen LogP contribution is 2.39. The van der Waals surface area contributed by atoms with Crippen LogP contribution in [-0.2, 0) is 0 Å². The van der Waals surface area contributed by atoms with E-state index in [9.17, 15) is 0 Å². The van der Waals surface area contributed by atoms with E-state index in [4.69, 9.17) is 0 Å². The zero-order valence-electron chi connectivity index (χ0n) is 14.3. The van der Waals surface area contributed by atoms with Gasteiger partial charge in [-0.3, -0.25) is 0 Å². The van der Waals surface area contributed by atoms with Crippen LogP contribution in [0.4, 0.5) is 0 Å². The smallest absolute Gasteiger partial charge is 0.292 e. The molecule has 3 aliphatic rings. The minimum atomic E-state index is 0.619. The van der Waals surface area contributed by atoms with E-state index >= 15 is 0 Å². The van der Waals surface area contributed by atoms with Crippen molar-refractivity contribution in [1.82, 2.24) is 14.2 Å². The molecule has 0 aromatic carbocycles. The Kier molecular flexibility index (Phi) is 5.39. The molecule has 115 valence electrons. The highest BCUT2D eigenvalue weighted by atomic mass is 15.3. The Bertz CT molecular complexity index is 302.